The predicted octanol–water partition coefficient (Wildman–Crippen LogP) is 4.12. The van der Waals surface area contributed by atoms with E-state index in [0.717, 1.165) is 64.1 Å². The lowest BCUT2D eigenvalue weighted by Crippen LogP contribution is -2.42. The van der Waals surface area contributed by atoms with E-state index in [2.05, 4.69) is 39.9 Å². The molecule has 1 aromatic heterocycles. The average molecular weight is 366 g/mol. The Hall–Kier alpha value is -2.20. The Bertz CT molecular complexity index is 681. The van der Waals surface area contributed by atoms with Gasteiger partial charge in [-0.25, -0.2) is 0 Å². The lowest BCUT2D eigenvalue weighted by atomic mass is 9.94. The molecule has 0 spiro atoms. The lowest BCUT2D eigenvalue weighted by molar-refractivity contribution is -0.137. The van der Waals surface area contributed by atoms with Crippen molar-refractivity contribution in [2.45, 2.75) is 45.7 Å². The number of carbonyl (C=O) groups excluding carboxylic acids is 1. The first-order valence-corrected chi connectivity index (χ1v) is 10.2. The maximum absolute atomic E-state index is 13.2. The van der Waals surface area contributed by atoms with Gasteiger partial charge in [0.05, 0.1) is 5.69 Å². The Balaban J connectivity index is 1.54. The molecular weight excluding hydrogens is 334 g/mol. The molecule has 1 aliphatic heterocycles. The van der Waals surface area contributed by atoms with Crippen LogP contribution < -0.4 is 0 Å². The van der Waals surface area contributed by atoms with Crippen LogP contribution in [0.2, 0.25) is 0 Å². The Kier molecular flexibility index (Phi) is 7.40. The summed E-state index contributed by atoms with van der Waals surface area (Å²) < 4.78 is 0. The van der Waals surface area contributed by atoms with Crippen LogP contribution in [0.3, 0.4) is 0 Å². The molecule has 0 bridgehead atoms. The second-order valence-electron chi connectivity index (χ2n) is 7.47. The number of hydrogen-bond donors (Lipinski definition) is 0. The summed E-state index contributed by atoms with van der Waals surface area (Å²) in [6.45, 7) is 6.60. The van der Waals surface area contributed by atoms with E-state index < -0.39 is 0 Å². The number of nitrogens with zero attached hydrogens (tertiary/aromatic N) is 3. The van der Waals surface area contributed by atoms with Gasteiger partial charge >= 0.3 is 0 Å². The molecule has 0 N–H and O–H groups in total. The van der Waals surface area contributed by atoms with Crippen molar-refractivity contribution in [3.05, 3.63) is 66.0 Å². The fourth-order valence-corrected chi connectivity index (χ4v) is 3.74. The van der Waals surface area contributed by atoms with Gasteiger partial charge in [-0.1, -0.05) is 49.7 Å². The van der Waals surface area contributed by atoms with Crippen molar-refractivity contribution in [1.29, 1.82) is 0 Å². The molecule has 1 aliphatic rings. The number of benzene rings is 1. The van der Waals surface area contributed by atoms with Gasteiger partial charge in [0.2, 0.25) is 5.91 Å². The highest BCUT2D eigenvalue weighted by Crippen LogP contribution is 2.22. The van der Waals surface area contributed by atoms with E-state index >= 15 is 0 Å². The molecule has 4 heteroatoms. The number of likely N-dealkylation sites (tertiary alicyclic amines) is 1. The Labute approximate surface area is 163 Å². The van der Waals surface area contributed by atoms with Gasteiger partial charge in [0.25, 0.3) is 0 Å². The van der Waals surface area contributed by atoms with Crippen LogP contribution in [0.1, 0.15) is 43.9 Å². The minimum absolute atomic E-state index is 0.158. The monoisotopic (exact) mass is 365 g/mol. The fourth-order valence-electron chi connectivity index (χ4n) is 3.74. The number of aromatic nitrogens is 1. The molecule has 1 saturated heterocycles. The molecule has 144 valence electrons. The van der Waals surface area contributed by atoms with Crippen LogP contribution in [0.15, 0.2) is 54.7 Å². The molecule has 0 atom stereocenters. The van der Waals surface area contributed by atoms with E-state index in [1.165, 1.54) is 5.56 Å². The van der Waals surface area contributed by atoms with Gasteiger partial charge in [0.1, 0.15) is 0 Å². The van der Waals surface area contributed by atoms with Gasteiger partial charge in [-0.05, 0) is 50.0 Å². The summed E-state index contributed by atoms with van der Waals surface area (Å²) in [5.74, 6) is 0.496. The summed E-state index contributed by atoms with van der Waals surface area (Å²) in [5.41, 5.74) is 2.32. The second-order valence-corrected chi connectivity index (χ2v) is 7.47. The van der Waals surface area contributed by atoms with Crippen molar-refractivity contribution in [2.24, 2.45) is 5.92 Å². The Morgan fingerprint density at radius 3 is 2.52 bits per heavy atom. The molecular formula is C23H31N3O. The van der Waals surface area contributed by atoms with Gasteiger partial charge in [0, 0.05) is 31.7 Å². The molecule has 0 aliphatic carbocycles. The van der Waals surface area contributed by atoms with Crippen LogP contribution in [0.25, 0.3) is 0 Å². The van der Waals surface area contributed by atoms with Crippen molar-refractivity contribution >= 4 is 5.91 Å². The van der Waals surface area contributed by atoms with Crippen LogP contribution in [0.5, 0.6) is 0 Å². The summed E-state index contributed by atoms with van der Waals surface area (Å²) in [7, 11) is 0. The summed E-state index contributed by atoms with van der Waals surface area (Å²) in [6.07, 6.45) is 5.92. The number of unbranched alkanes of at least 4 members (excludes halogenated alkanes) is 1. The maximum atomic E-state index is 13.2. The van der Waals surface area contributed by atoms with Crippen LogP contribution >= 0.6 is 0 Å². The minimum Gasteiger partial charge on any atom is -0.338 e. The molecule has 2 heterocycles. The van der Waals surface area contributed by atoms with Gasteiger partial charge in [-0.2, -0.15) is 0 Å². The standard InChI is InChI=1S/C23H31N3O/c1-2-3-15-26(18-20-9-5-4-6-10-20)23(27)21-12-16-25(17-13-21)19-22-11-7-8-14-24-22/h4-11,14,21H,2-3,12-13,15-19H2,1H3. The predicted molar refractivity (Wildman–Crippen MR) is 109 cm³/mol. The van der Waals surface area contributed by atoms with Crippen molar-refractivity contribution in [3.8, 4) is 0 Å². The zero-order valence-corrected chi connectivity index (χ0v) is 16.4. The summed E-state index contributed by atoms with van der Waals surface area (Å²) in [5, 5.41) is 0. The number of piperidine rings is 1. The fraction of sp³-hybridized carbons (Fsp3) is 0.478. The normalized spacial score (nSPS) is 15.6. The highest BCUT2D eigenvalue weighted by Gasteiger charge is 2.28. The number of carbonyl (C=O) groups is 1. The lowest BCUT2D eigenvalue weighted by Gasteiger charge is -2.34. The topological polar surface area (TPSA) is 36.4 Å². The van der Waals surface area contributed by atoms with E-state index in [1.54, 1.807) is 0 Å². The second kappa shape index (κ2) is 10.2. The van der Waals surface area contributed by atoms with Crippen molar-refractivity contribution < 1.29 is 4.79 Å². The maximum Gasteiger partial charge on any atom is 0.226 e. The molecule has 0 radical (unpaired) electrons. The summed E-state index contributed by atoms with van der Waals surface area (Å²) >= 11 is 0. The van der Waals surface area contributed by atoms with Gasteiger partial charge in [-0.15, -0.1) is 0 Å². The van der Waals surface area contributed by atoms with E-state index in [4.69, 9.17) is 0 Å². The quantitative estimate of drug-likeness (QED) is 0.706. The molecule has 1 fully saturated rings. The summed E-state index contributed by atoms with van der Waals surface area (Å²) in [4.78, 5) is 22.1. The van der Waals surface area contributed by atoms with Gasteiger partial charge < -0.3 is 4.90 Å². The van der Waals surface area contributed by atoms with Gasteiger partial charge in [0.15, 0.2) is 0 Å². The van der Waals surface area contributed by atoms with Crippen molar-refractivity contribution in [3.63, 3.8) is 0 Å². The third kappa shape index (κ3) is 5.90. The first kappa shape index (κ1) is 19.6. The van der Waals surface area contributed by atoms with Crippen LogP contribution in [0, 0.1) is 5.92 Å². The van der Waals surface area contributed by atoms with E-state index in [9.17, 15) is 4.79 Å². The molecule has 1 aromatic carbocycles. The van der Waals surface area contributed by atoms with Crippen molar-refractivity contribution in [2.75, 3.05) is 19.6 Å². The largest absolute Gasteiger partial charge is 0.338 e. The third-order valence-electron chi connectivity index (χ3n) is 5.36. The Morgan fingerprint density at radius 2 is 1.85 bits per heavy atom. The molecule has 1 amide bonds. The molecule has 2 aromatic rings. The first-order chi connectivity index (χ1) is 13.3. The van der Waals surface area contributed by atoms with E-state index in [0.29, 0.717) is 5.91 Å². The zero-order chi connectivity index (χ0) is 18.9. The highest BCUT2D eigenvalue weighted by atomic mass is 16.2. The van der Waals surface area contributed by atoms with Crippen LogP contribution in [-0.4, -0.2) is 40.3 Å². The van der Waals surface area contributed by atoms with Crippen LogP contribution in [-0.2, 0) is 17.9 Å². The number of pyridine rings is 1. The average Bonchev–Trinajstić information content (AvgIpc) is 2.73. The summed E-state index contributed by atoms with van der Waals surface area (Å²) in [6, 6.07) is 16.4. The number of hydrogen-bond acceptors (Lipinski definition) is 3. The smallest absolute Gasteiger partial charge is 0.226 e. The van der Waals surface area contributed by atoms with Gasteiger partial charge in [-0.3, -0.25) is 14.7 Å². The SMILES string of the molecule is CCCCN(Cc1ccccc1)C(=O)C1CCN(Cc2ccccn2)CC1. The third-order valence-corrected chi connectivity index (χ3v) is 5.36. The molecule has 0 saturated carbocycles. The number of rotatable bonds is 8. The minimum atomic E-state index is 0.158. The van der Waals surface area contributed by atoms with E-state index in [1.807, 2.05) is 36.5 Å². The zero-order valence-electron chi connectivity index (χ0n) is 16.4. The molecule has 0 unspecified atom stereocenters. The Morgan fingerprint density at radius 1 is 1.11 bits per heavy atom. The van der Waals surface area contributed by atoms with E-state index in [-0.39, 0.29) is 5.92 Å². The molecule has 27 heavy (non-hydrogen) atoms. The van der Waals surface area contributed by atoms with Crippen LogP contribution in [0.4, 0.5) is 0 Å². The van der Waals surface area contributed by atoms with Crippen molar-refractivity contribution in [1.82, 2.24) is 14.8 Å². The molecule has 3 rings (SSSR count). The molecule has 4 nitrogen and oxygen atoms in total. The first-order valence-electron chi connectivity index (χ1n) is 10.2. The number of amides is 1. The highest BCUT2D eigenvalue weighted by molar-refractivity contribution is 5.79.